The summed E-state index contributed by atoms with van der Waals surface area (Å²) in [6.45, 7) is 3.41. The van der Waals surface area contributed by atoms with Crippen LogP contribution in [0.2, 0.25) is 0 Å². The molecule has 3 heterocycles. The topological polar surface area (TPSA) is 98.3 Å². The number of amides is 1. The first-order valence-electron chi connectivity index (χ1n) is 8.26. The summed E-state index contributed by atoms with van der Waals surface area (Å²) in [7, 11) is 0. The average Bonchev–Trinajstić information content (AvgIpc) is 3.30. The number of ether oxygens (including phenoxy) is 1. The van der Waals surface area contributed by atoms with E-state index in [4.69, 9.17) is 9.37 Å². The van der Waals surface area contributed by atoms with Crippen molar-refractivity contribution >= 4 is 44.2 Å². The molecule has 2 aromatic heterocycles. The summed E-state index contributed by atoms with van der Waals surface area (Å²) in [5, 5.41) is 15.0. The summed E-state index contributed by atoms with van der Waals surface area (Å²) in [6, 6.07) is 3.76. The van der Waals surface area contributed by atoms with Gasteiger partial charge in [-0.1, -0.05) is 0 Å². The van der Waals surface area contributed by atoms with Crippen molar-refractivity contribution in [1.29, 1.82) is 0 Å². The lowest BCUT2D eigenvalue weighted by molar-refractivity contribution is -0.116. The molecule has 1 amide bonds. The Morgan fingerprint density at radius 3 is 2.81 bits per heavy atom. The van der Waals surface area contributed by atoms with E-state index in [9.17, 15) is 4.79 Å². The molecule has 10 heteroatoms. The lowest BCUT2D eigenvalue weighted by Gasteiger charge is -2.28. The van der Waals surface area contributed by atoms with Gasteiger partial charge in [0.25, 0.3) is 0 Å². The number of morpholine rings is 1. The molecule has 3 aromatic rings. The lowest BCUT2D eigenvalue weighted by atomic mass is 10.2. The van der Waals surface area contributed by atoms with Gasteiger partial charge >= 0.3 is 0 Å². The molecule has 26 heavy (non-hydrogen) atoms. The SMILES string of the molecule is O=C(CCn1cc(Br)cn1)Nc1ccc(N2CCOCC2)c2nonc12. The Morgan fingerprint density at radius 1 is 1.23 bits per heavy atom. The van der Waals surface area contributed by atoms with Crippen LogP contribution in [0.5, 0.6) is 0 Å². The maximum atomic E-state index is 12.3. The average molecular weight is 421 g/mol. The van der Waals surface area contributed by atoms with E-state index >= 15 is 0 Å². The smallest absolute Gasteiger partial charge is 0.226 e. The van der Waals surface area contributed by atoms with E-state index in [1.54, 1.807) is 10.9 Å². The van der Waals surface area contributed by atoms with E-state index < -0.39 is 0 Å². The maximum absolute atomic E-state index is 12.3. The fraction of sp³-hybridized carbons (Fsp3) is 0.375. The summed E-state index contributed by atoms with van der Waals surface area (Å²) in [5.74, 6) is -0.125. The number of nitrogens with one attached hydrogen (secondary N) is 1. The van der Waals surface area contributed by atoms with Crippen LogP contribution in [0.25, 0.3) is 11.0 Å². The third-order valence-electron chi connectivity index (χ3n) is 4.19. The molecule has 1 aromatic carbocycles. The molecule has 9 nitrogen and oxygen atoms in total. The largest absolute Gasteiger partial charge is 0.378 e. The molecule has 0 bridgehead atoms. The van der Waals surface area contributed by atoms with Gasteiger partial charge < -0.3 is 15.0 Å². The van der Waals surface area contributed by atoms with Crippen LogP contribution in [0.1, 0.15) is 6.42 Å². The van der Waals surface area contributed by atoms with E-state index in [1.165, 1.54) is 0 Å². The minimum absolute atomic E-state index is 0.125. The Labute approximate surface area is 157 Å². The van der Waals surface area contributed by atoms with Gasteiger partial charge in [0.1, 0.15) is 0 Å². The van der Waals surface area contributed by atoms with Crippen molar-refractivity contribution in [2.24, 2.45) is 0 Å². The van der Waals surface area contributed by atoms with Gasteiger partial charge in [-0.25, -0.2) is 4.63 Å². The Hall–Kier alpha value is -2.46. The molecule has 1 fully saturated rings. The van der Waals surface area contributed by atoms with Crippen LogP contribution in [0.3, 0.4) is 0 Å². The molecule has 0 aliphatic carbocycles. The van der Waals surface area contributed by atoms with E-state index in [0.29, 0.717) is 42.9 Å². The predicted octanol–water partition coefficient (Wildman–Crippen LogP) is 2.05. The minimum atomic E-state index is -0.125. The highest BCUT2D eigenvalue weighted by molar-refractivity contribution is 9.10. The number of aryl methyl sites for hydroxylation is 1. The highest BCUT2D eigenvalue weighted by atomic mass is 79.9. The van der Waals surface area contributed by atoms with E-state index in [-0.39, 0.29) is 5.91 Å². The van der Waals surface area contributed by atoms with Crippen molar-refractivity contribution in [2.45, 2.75) is 13.0 Å². The zero-order valence-corrected chi connectivity index (χ0v) is 15.5. The van der Waals surface area contributed by atoms with Gasteiger partial charge in [-0.3, -0.25) is 9.48 Å². The fourth-order valence-corrected chi connectivity index (χ4v) is 3.23. The van der Waals surface area contributed by atoms with Gasteiger partial charge in [0.15, 0.2) is 11.0 Å². The molecule has 1 aliphatic rings. The number of nitrogens with zero attached hydrogens (tertiary/aromatic N) is 5. The number of anilines is 2. The minimum Gasteiger partial charge on any atom is -0.378 e. The van der Waals surface area contributed by atoms with Crippen LogP contribution in [-0.2, 0) is 16.1 Å². The number of benzene rings is 1. The summed E-state index contributed by atoms with van der Waals surface area (Å²) >= 11 is 3.33. The molecule has 136 valence electrons. The van der Waals surface area contributed by atoms with Crippen molar-refractivity contribution in [1.82, 2.24) is 20.1 Å². The second-order valence-electron chi connectivity index (χ2n) is 5.91. The molecule has 4 rings (SSSR count). The number of halogens is 1. The highest BCUT2D eigenvalue weighted by Crippen LogP contribution is 2.30. The Kier molecular flexibility index (Phi) is 4.85. The fourth-order valence-electron chi connectivity index (χ4n) is 2.90. The number of aromatic nitrogens is 4. The summed E-state index contributed by atoms with van der Waals surface area (Å²) in [5.41, 5.74) is 2.71. The Bertz CT molecular complexity index is 918. The van der Waals surface area contributed by atoms with Gasteiger partial charge in [-0.05, 0) is 38.4 Å². The van der Waals surface area contributed by atoms with Crippen LogP contribution in [-0.4, -0.2) is 52.3 Å². The van der Waals surface area contributed by atoms with Gasteiger partial charge in [-0.2, -0.15) is 5.10 Å². The van der Waals surface area contributed by atoms with Crippen LogP contribution in [0.15, 0.2) is 33.6 Å². The molecule has 1 aliphatic heterocycles. The van der Waals surface area contributed by atoms with Crippen molar-refractivity contribution in [3.63, 3.8) is 0 Å². The summed E-state index contributed by atoms with van der Waals surface area (Å²) < 4.78 is 12.9. The zero-order valence-electron chi connectivity index (χ0n) is 13.9. The van der Waals surface area contributed by atoms with Crippen molar-refractivity contribution in [3.05, 3.63) is 29.0 Å². The monoisotopic (exact) mass is 420 g/mol. The molecular formula is C16H17BrN6O3. The molecule has 1 N–H and O–H groups in total. The van der Waals surface area contributed by atoms with E-state index in [1.807, 2.05) is 18.3 Å². The molecule has 0 unspecified atom stereocenters. The number of carbonyl (C=O) groups excluding carboxylic acids is 1. The first-order valence-corrected chi connectivity index (χ1v) is 9.06. The van der Waals surface area contributed by atoms with Crippen molar-refractivity contribution in [2.75, 3.05) is 36.5 Å². The predicted molar refractivity (Wildman–Crippen MR) is 98.0 cm³/mol. The normalized spacial score (nSPS) is 14.7. The third-order valence-corrected chi connectivity index (χ3v) is 4.60. The lowest BCUT2D eigenvalue weighted by Crippen LogP contribution is -2.36. The van der Waals surface area contributed by atoms with Crippen LogP contribution >= 0.6 is 15.9 Å². The maximum Gasteiger partial charge on any atom is 0.226 e. The first kappa shape index (κ1) is 17.0. The number of fused-ring (bicyclic) bond motifs is 1. The van der Waals surface area contributed by atoms with Gasteiger partial charge in [0.2, 0.25) is 5.91 Å². The molecule has 1 saturated heterocycles. The van der Waals surface area contributed by atoms with Crippen LogP contribution in [0, 0.1) is 0 Å². The number of hydrogen-bond acceptors (Lipinski definition) is 7. The van der Waals surface area contributed by atoms with Gasteiger partial charge in [0.05, 0.1) is 35.3 Å². The summed E-state index contributed by atoms with van der Waals surface area (Å²) in [4.78, 5) is 14.5. The van der Waals surface area contributed by atoms with Crippen molar-refractivity contribution in [3.8, 4) is 0 Å². The number of rotatable bonds is 5. The number of hydrogen-bond donors (Lipinski definition) is 1. The van der Waals surface area contributed by atoms with Crippen molar-refractivity contribution < 1.29 is 14.2 Å². The van der Waals surface area contributed by atoms with Crippen LogP contribution in [0.4, 0.5) is 11.4 Å². The summed E-state index contributed by atoms with van der Waals surface area (Å²) in [6.07, 6.45) is 3.81. The Morgan fingerprint density at radius 2 is 2.04 bits per heavy atom. The molecule has 0 atom stereocenters. The quantitative estimate of drug-likeness (QED) is 0.673. The molecular weight excluding hydrogens is 404 g/mol. The first-order chi connectivity index (χ1) is 12.7. The van der Waals surface area contributed by atoms with E-state index in [2.05, 4.69) is 41.6 Å². The highest BCUT2D eigenvalue weighted by Gasteiger charge is 2.19. The third kappa shape index (κ3) is 3.56. The number of carbonyl (C=O) groups is 1. The zero-order chi connectivity index (χ0) is 17.9. The molecule has 0 radical (unpaired) electrons. The Balaban J connectivity index is 1.48. The molecule has 0 spiro atoms. The second kappa shape index (κ2) is 7.42. The van der Waals surface area contributed by atoms with Gasteiger partial charge in [-0.15, -0.1) is 0 Å². The van der Waals surface area contributed by atoms with Gasteiger partial charge in [0, 0.05) is 32.3 Å². The van der Waals surface area contributed by atoms with Crippen LogP contribution < -0.4 is 10.2 Å². The standard InChI is InChI=1S/C16H17BrN6O3/c17-11-9-18-23(10-11)4-3-14(24)19-12-1-2-13(16-15(12)20-26-21-16)22-5-7-25-8-6-22/h1-2,9-10H,3-8H2,(H,19,24). The molecule has 0 saturated carbocycles. The van der Waals surface area contributed by atoms with E-state index in [0.717, 1.165) is 23.2 Å². The second-order valence-corrected chi connectivity index (χ2v) is 6.83.